The third kappa shape index (κ3) is 2.88. The minimum atomic E-state index is -0.429. The standard InChI is InChI=1S/C15H19N3O2/c1-3-7-11-13(16)17-14(18-15(11)19)12(20-2)10-8-5-4-6-9-10/h4-6,8-9,12H,3,7H2,1-2H3,(H3,16,17,18,19). The quantitative estimate of drug-likeness (QED) is 0.873. The Morgan fingerprint density at radius 3 is 2.60 bits per heavy atom. The van der Waals surface area contributed by atoms with Gasteiger partial charge in [-0.3, -0.25) is 4.79 Å². The summed E-state index contributed by atoms with van der Waals surface area (Å²) in [4.78, 5) is 19.1. The molecule has 0 radical (unpaired) electrons. The molecule has 0 bridgehead atoms. The fraction of sp³-hybridized carbons (Fsp3) is 0.333. The predicted molar refractivity (Wildman–Crippen MR) is 78.6 cm³/mol. The first-order chi connectivity index (χ1) is 9.67. The number of nitrogens with zero attached hydrogens (tertiary/aromatic N) is 1. The van der Waals surface area contributed by atoms with E-state index >= 15 is 0 Å². The van der Waals surface area contributed by atoms with Crippen LogP contribution in [-0.4, -0.2) is 17.1 Å². The number of ether oxygens (including phenoxy) is 1. The highest BCUT2D eigenvalue weighted by atomic mass is 16.5. The molecule has 0 spiro atoms. The summed E-state index contributed by atoms with van der Waals surface area (Å²) in [5, 5.41) is 0. The number of rotatable bonds is 5. The fourth-order valence-corrected chi connectivity index (χ4v) is 2.18. The van der Waals surface area contributed by atoms with Crippen molar-refractivity contribution < 1.29 is 4.74 Å². The molecule has 1 aromatic carbocycles. The van der Waals surface area contributed by atoms with Crippen molar-refractivity contribution in [2.75, 3.05) is 12.8 Å². The van der Waals surface area contributed by atoms with E-state index in [2.05, 4.69) is 9.97 Å². The molecule has 2 rings (SSSR count). The number of nitrogen functional groups attached to an aromatic ring is 1. The number of benzene rings is 1. The van der Waals surface area contributed by atoms with E-state index in [9.17, 15) is 4.79 Å². The number of hydrogen-bond donors (Lipinski definition) is 2. The van der Waals surface area contributed by atoms with Crippen LogP contribution >= 0.6 is 0 Å². The number of methoxy groups -OCH3 is 1. The third-order valence-electron chi connectivity index (χ3n) is 3.15. The van der Waals surface area contributed by atoms with Crippen LogP contribution < -0.4 is 11.3 Å². The van der Waals surface area contributed by atoms with Crippen LogP contribution in [0.3, 0.4) is 0 Å². The smallest absolute Gasteiger partial charge is 0.256 e. The van der Waals surface area contributed by atoms with Gasteiger partial charge < -0.3 is 15.5 Å². The van der Waals surface area contributed by atoms with E-state index in [1.54, 1.807) is 7.11 Å². The number of anilines is 1. The van der Waals surface area contributed by atoms with E-state index in [4.69, 9.17) is 10.5 Å². The Morgan fingerprint density at radius 1 is 1.35 bits per heavy atom. The molecule has 0 aliphatic heterocycles. The molecular weight excluding hydrogens is 254 g/mol. The lowest BCUT2D eigenvalue weighted by Gasteiger charge is -2.16. The van der Waals surface area contributed by atoms with E-state index in [1.165, 1.54) is 0 Å². The summed E-state index contributed by atoms with van der Waals surface area (Å²) >= 11 is 0. The molecule has 0 aliphatic rings. The van der Waals surface area contributed by atoms with Gasteiger partial charge in [0.1, 0.15) is 17.7 Å². The zero-order valence-corrected chi connectivity index (χ0v) is 11.7. The van der Waals surface area contributed by atoms with Gasteiger partial charge in [-0.1, -0.05) is 43.7 Å². The molecule has 5 nitrogen and oxygen atoms in total. The number of aromatic amines is 1. The molecule has 0 saturated carbocycles. The highest BCUT2D eigenvalue weighted by Gasteiger charge is 2.18. The zero-order valence-electron chi connectivity index (χ0n) is 11.7. The first-order valence-electron chi connectivity index (χ1n) is 6.63. The topological polar surface area (TPSA) is 81.0 Å². The van der Waals surface area contributed by atoms with Gasteiger partial charge in [0.15, 0.2) is 0 Å². The van der Waals surface area contributed by atoms with Crippen LogP contribution in [0, 0.1) is 0 Å². The number of aromatic nitrogens is 2. The average Bonchev–Trinajstić information content (AvgIpc) is 2.45. The second-order valence-electron chi connectivity index (χ2n) is 4.59. The lowest BCUT2D eigenvalue weighted by Crippen LogP contribution is -2.22. The van der Waals surface area contributed by atoms with Gasteiger partial charge in [0.2, 0.25) is 0 Å². The van der Waals surface area contributed by atoms with E-state index in [-0.39, 0.29) is 11.4 Å². The number of nitrogens with two attached hydrogens (primary N) is 1. The van der Waals surface area contributed by atoms with E-state index in [1.807, 2.05) is 37.3 Å². The van der Waals surface area contributed by atoms with E-state index in [0.29, 0.717) is 17.8 Å². The molecule has 0 aliphatic carbocycles. The Kier molecular flexibility index (Phi) is 4.53. The first-order valence-corrected chi connectivity index (χ1v) is 6.63. The molecule has 5 heteroatoms. The Hall–Kier alpha value is -2.14. The molecule has 106 valence electrons. The molecule has 3 N–H and O–H groups in total. The van der Waals surface area contributed by atoms with E-state index < -0.39 is 6.10 Å². The SMILES string of the molecule is CCCc1c(N)nc(C(OC)c2ccccc2)[nH]c1=O. The Bertz CT molecular complexity index is 623. The highest BCUT2D eigenvalue weighted by molar-refractivity contribution is 5.39. The zero-order chi connectivity index (χ0) is 14.5. The van der Waals surface area contributed by atoms with Crippen molar-refractivity contribution in [1.82, 2.24) is 9.97 Å². The molecule has 0 amide bonds. The Balaban J connectivity index is 2.44. The van der Waals surface area contributed by atoms with Gasteiger partial charge in [-0.2, -0.15) is 0 Å². The van der Waals surface area contributed by atoms with Crippen LogP contribution in [0.2, 0.25) is 0 Å². The van der Waals surface area contributed by atoms with Gasteiger partial charge in [0.05, 0.1) is 5.56 Å². The largest absolute Gasteiger partial charge is 0.383 e. The normalized spacial score (nSPS) is 12.3. The van der Waals surface area contributed by atoms with Crippen molar-refractivity contribution in [3.05, 3.63) is 57.6 Å². The van der Waals surface area contributed by atoms with Crippen molar-refractivity contribution >= 4 is 5.82 Å². The third-order valence-corrected chi connectivity index (χ3v) is 3.15. The average molecular weight is 273 g/mol. The molecular formula is C15H19N3O2. The summed E-state index contributed by atoms with van der Waals surface area (Å²) in [6, 6.07) is 9.59. The van der Waals surface area contributed by atoms with Crippen molar-refractivity contribution in [3.8, 4) is 0 Å². The molecule has 1 heterocycles. The van der Waals surface area contributed by atoms with Crippen LogP contribution in [0.1, 0.15) is 36.4 Å². The van der Waals surface area contributed by atoms with Crippen LogP contribution in [0.4, 0.5) is 5.82 Å². The Labute approximate surface area is 117 Å². The highest BCUT2D eigenvalue weighted by Crippen LogP contribution is 2.22. The van der Waals surface area contributed by atoms with Crippen molar-refractivity contribution in [3.63, 3.8) is 0 Å². The molecule has 1 aromatic heterocycles. The fourth-order valence-electron chi connectivity index (χ4n) is 2.18. The Morgan fingerprint density at radius 2 is 2.05 bits per heavy atom. The molecule has 0 fully saturated rings. The van der Waals surface area contributed by atoms with Gasteiger partial charge in [-0.15, -0.1) is 0 Å². The summed E-state index contributed by atoms with van der Waals surface area (Å²) in [6.07, 6.45) is 1.04. The lowest BCUT2D eigenvalue weighted by molar-refractivity contribution is 0.129. The van der Waals surface area contributed by atoms with Crippen molar-refractivity contribution in [2.24, 2.45) is 0 Å². The lowest BCUT2D eigenvalue weighted by atomic mass is 10.1. The minimum Gasteiger partial charge on any atom is -0.383 e. The van der Waals surface area contributed by atoms with Crippen LogP contribution in [0.5, 0.6) is 0 Å². The second-order valence-corrected chi connectivity index (χ2v) is 4.59. The van der Waals surface area contributed by atoms with Crippen LogP contribution in [0.25, 0.3) is 0 Å². The second kappa shape index (κ2) is 6.34. The number of hydrogen-bond acceptors (Lipinski definition) is 4. The summed E-state index contributed by atoms with van der Waals surface area (Å²) in [6.45, 7) is 1.99. The maximum atomic E-state index is 12.1. The van der Waals surface area contributed by atoms with Gasteiger partial charge in [-0.05, 0) is 12.0 Å². The van der Waals surface area contributed by atoms with Crippen LogP contribution in [0.15, 0.2) is 35.1 Å². The maximum absolute atomic E-state index is 12.1. The number of H-pyrrole nitrogens is 1. The molecule has 0 saturated heterocycles. The van der Waals surface area contributed by atoms with Gasteiger partial charge >= 0.3 is 0 Å². The van der Waals surface area contributed by atoms with Crippen molar-refractivity contribution in [1.29, 1.82) is 0 Å². The summed E-state index contributed by atoms with van der Waals surface area (Å²) < 4.78 is 5.44. The molecule has 1 unspecified atom stereocenters. The first kappa shape index (κ1) is 14.3. The minimum absolute atomic E-state index is 0.188. The maximum Gasteiger partial charge on any atom is 0.256 e. The summed E-state index contributed by atoms with van der Waals surface area (Å²) in [5.74, 6) is 0.713. The molecule has 20 heavy (non-hydrogen) atoms. The summed E-state index contributed by atoms with van der Waals surface area (Å²) in [7, 11) is 1.58. The van der Waals surface area contributed by atoms with Gasteiger partial charge in [0.25, 0.3) is 5.56 Å². The van der Waals surface area contributed by atoms with Crippen molar-refractivity contribution in [2.45, 2.75) is 25.9 Å². The molecule has 2 aromatic rings. The summed E-state index contributed by atoms with van der Waals surface area (Å²) in [5.41, 5.74) is 7.16. The number of nitrogens with one attached hydrogen (secondary N) is 1. The van der Waals surface area contributed by atoms with Gasteiger partial charge in [0, 0.05) is 7.11 Å². The van der Waals surface area contributed by atoms with Gasteiger partial charge in [-0.25, -0.2) is 4.98 Å². The predicted octanol–water partition coefficient (Wildman–Crippen LogP) is 2.04. The van der Waals surface area contributed by atoms with Crippen LogP contribution in [-0.2, 0) is 11.2 Å². The monoisotopic (exact) mass is 273 g/mol. The van der Waals surface area contributed by atoms with E-state index in [0.717, 1.165) is 12.0 Å². The molecule has 1 atom stereocenters.